The molecule has 0 N–H and O–H groups in total. The van der Waals surface area contributed by atoms with E-state index in [1.807, 2.05) is 17.0 Å². The van der Waals surface area contributed by atoms with Crippen molar-refractivity contribution in [3.05, 3.63) is 54.3 Å². The number of rotatable bonds is 3. The SMILES string of the molecule is O=C(Oc1cccc(N2CCS(=O)(=O)CC2)c1)N1C[C@H]2C[C@@H]1CN2c1ccc(F)cc1. The summed E-state index contributed by atoms with van der Waals surface area (Å²) in [5, 5.41) is 0. The molecule has 2 aromatic rings. The molecule has 0 aliphatic carbocycles. The van der Waals surface area contributed by atoms with E-state index >= 15 is 0 Å². The number of piperazine rings is 1. The first kappa shape index (κ1) is 20.1. The van der Waals surface area contributed by atoms with Crippen LogP contribution in [0.5, 0.6) is 5.75 Å². The van der Waals surface area contributed by atoms with Gasteiger partial charge in [-0.2, -0.15) is 0 Å². The van der Waals surface area contributed by atoms with Crippen molar-refractivity contribution in [1.82, 2.24) is 4.90 Å². The van der Waals surface area contributed by atoms with Crippen LogP contribution >= 0.6 is 0 Å². The second kappa shape index (κ2) is 7.71. The smallest absolute Gasteiger partial charge is 0.410 e. The third-order valence-corrected chi connectivity index (χ3v) is 7.97. The molecule has 164 valence electrons. The molecule has 0 radical (unpaired) electrons. The first-order chi connectivity index (χ1) is 14.9. The lowest BCUT2D eigenvalue weighted by Gasteiger charge is -2.35. The molecule has 5 rings (SSSR count). The fourth-order valence-electron chi connectivity index (χ4n) is 4.71. The molecule has 2 aromatic carbocycles. The zero-order valence-electron chi connectivity index (χ0n) is 17.0. The van der Waals surface area contributed by atoms with Gasteiger partial charge in [0.1, 0.15) is 11.6 Å². The van der Waals surface area contributed by atoms with Crippen LogP contribution in [0.2, 0.25) is 0 Å². The van der Waals surface area contributed by atoms with Crippen LogP contribution in [-0.4, -0.2) is 69.2 Å². The highest BCUT2D eigenvalue weighted by Gasteiger charge is 2.46. The van der Waals surface area contributed by atoms with Crippen molar-refractivity contribution in [1.29, 1.82) is 0 Å². The molecule has 3 fully saturated rings. The topological polar surface area (TPSA) is 70.2 Å². The van der Waals surface area contributed by atoms with Gasteiger partial charge in [-0.1, -0.05) is 6.07 Å². The van der Waals surface area contributed by atoms with Gasteiger partial charge in [0.25, 0.3) is 0 Å². The number of sulfone groups is 1. The molecule has 1 amide bonds. The van der Waals surface area contributed by atoms with E-state index in [4.69, 9.17) is 4.74 Å². The average Bonchev–Trinajstić information content (AvgIpc) is 3.36. The summed E-state index contributed by atoms with van der Waals surface area (Å²) < 4.78 is 42.2. The number of ether oxygens (including phenoxy) is 1. The summed E-state index contributed by atoms with van der Waals surface area (Å²) in [6, 6.07) is 14.0. The highest BCUT2D eigenvalue weighted by molar-refractivity contribution is 7.91. The van der Waals surface area contributed by atoms with Gasteiger partial charge in [0, 0.05) is 49.7 Å². The number of hydrogen-bond acceptors (Lipinski definition) is 6. The number of anilines is 2. The Balaban J connectivity index is 1.21. The van der Waals surface area contributed by atoms with Crippen LogP contribution in [0.4, 0.5) is 20.6 Å². The van der Waals surface area contributed by atoms with Crippen molar-refractivity contribution < 1.29 is 22.3 Å². The van der Waals surface area contributed by atoms with Crippen LogP contribution in [0.15, 0.2) is 48.5 Å². The number of benzene rings is 2. The molecule has 3 heterocycles. The van der Waals surface area contributed by atoms with Crippen LogP contribution in [0.25, 0.3) is 0 Å². The second-order valence-electron chi connectivity index (χ2n) is 8.33. The van der Waals surface area contributed by atoms with E-state index in [0.29, 0.717) is 31.9 Å². The second-order valence-corrected chi connectivity index (χ2v) is 10.6. The Morgan fingerprint density at radius 3 is 2.39 bits per heavy atom. The first-order valence-electron chi connectivity index (χ1n) is 10.4. The molecular formula is C22H24FN3O4S. The fourth-order valence-corrected chi connectivity index (χ4v) is 5.91. The molecule has 3 aliphatic rings. The Hall–Kier alpha value is -2.81. The molecule has 2 bridgehead atoms. The summed E-state index contributed by atoms with van der Waals surface area (Å²) in [5.74, 6) is 0.470. The predicted octanol–water partition coefficient (Wildman–Crippen LogP) is 2.52. The van der Waals surface area contributed by atoms with Crippen LogP contribution in [-0.2, 0) is 9.84 Å². The number of fused-ring (bicyclic) bond motifs is 2. The molecule has 7 nitrogen and oxygen atoms in total. The maximum absolute atomic E-state index is 13.2. The van der Waals surface area contributed by atoms with E-state index in [-0.39, 0.29) is 35.5 Å². The van der Waals surface area contributed by atoms with Gasteiger partial charge in [-0.25, -0.2) is 17.6 Å². The fraction of sp³-hybridized carbons (Fsp3) is 0.409. The largest absolute Gasteiger partial charge is 0.415 e. The monoisotopic (exact) mass is 445 g/mol. The summed E-state index contributed by atoms with van der Waals surface area (Å²) in [4.78, 5) is 18.8. The number of likely N-dealkylation sites (tertiary alicyclic amines) is 1. The van der Waals surface area contributed by atoms with Crippen molar-refractivity contribution in [3.8, 4) is 5.75 Å². The van der Waals surface area contributed by atoms with E-state index in [1.54, 1.807) is 29.2 Å². The van der Waals surface area contributed by atoms with E-state index in [0.717, 1.165) is 17.8 Å². The number of carbonyl (C=O) groups excluding carboxylic acids is 1. The molecule has 0 aromatic heterocycles. The summed E-state index contributed by atoms with van der Waals surface area (Å²) in [7, 11) is -2.95. The van der Waals surface area contributed by atoms with Gasteiger partial charge in [0.15, 0.2) is 9.84 Å². The summed E-state index contributed by atoms with van der Waals surface area (Å²) in [6.07, 6.45) is 0.499. The van der Waals surface area contributed by atoms with Crippen LogP contribution in [0.1, 0.15) is 6.42 Å². The Bertz CT molecular complexity index is 1080. The van der Waals surface area contributed by atoms with E-state index in [2.05, 4.69) is 4.90 Å². The molecule has 0 spiro atoms. The number of carbonyl (C=O) groups is 1. The van der Waals surface area contributed by atoms with Crippen molar-refractivity contribution in [2.75, 3.05) is 47.5 Å². The lowest BCUT2D eigenvalue weighted by molar-refractivity contribution is 0.144. The third kappa shape index (κ3) is 4.06. The van der Waals surface area contributed by atoms with E-state index in [9.17, 15) is 17.6 Å². The minimum atomic E-state index is -2.95. The molecule has 9 heteroatoms. The van der Waals surface area contributed by atoms with Crippen LogP contribution in [0.3, 0.4) is 0 Å². The molecule has 3 saturated heterocycles. The Morgan fingerprint density at radius 1 is 0.968 bits per heavy atom. The highest BCUT2D eigenvalue weighted by Crippen LogP contribution is 2.35. The van der Waals surface area contributed by atoms with Crippen molar-refractivity contribution in [3.63, 3.8) is 0 Å². The predicted molar refractivity (Wildman–Crippen MR) is 116 cm³/mol. The minimum absolute atomic E-state index is 0.0676. The Morgan fingerprint density at radius 2 is 1.71 bits per heavy atom. The van der Waals surface area contributed by atoms with Gasteiger partial charge in [0.05, 0.1) is 17.5 Å². The Labute approximate surface area is 180 Å². The van der Waals surface area contributed by atoms with E-state index < -0.39 is 9.84 Å². The molecular weight excluding hydrogens is 421 g/mol. The van der Waals surface area contributed by atoms with Gasteiger partial charge < -0.3 is 19.4 Å². The van der Waals surface area contributed by atoms with Gasteiger partial charge in [-0.15, -0.1) is 0 Å². The standard InChI is InChI=1S/C22H24FN3O4S/c23-16-4-6-17(7-5-16)25-14-20-12-19(25)15-26(20)22(27)30-21-3-1-2-18(13-21)24-8-10-31(28,29)11-9-24/h1-7,13,19-20H,8-12,14-15H2/t19-,20-/m1/s1. The highest BCUT2D eigenvalue weighted by atomic mass is 32.2. The van der Waals surface area contributed by atoms with Gasteiger partial charge in [-0.05, 0) is 42.8 Å². The molecule has 0 saturated carbocycles. The number of nitrogens with zero attached hydrogens (tertiary/aromatic N) is 3. The average molecular weight is 446 g/mol. The number of halogens is 1. The molecule has 2 atom stereocenters. The lowest BCUT2D eigenvalue weighted by Crippen LogP contribution is -2.49. The van der Waals surface area contributed by atoms with Gasteiger partial charge in [-0.3, -0.25) is 0 Å². The van der Waals surface area contributed by atoms with Crippen molar-refractivity contribution >= 4 is 27.3 Å². The normalized spacial score (nSPS) is 24.5. The van der Waals surface area contributed by atoms with Gasteiger partial charge >= 0.3 is 6.09 Å². The summed E-state index contributed by atoms with van der Waals surface area (Å²) >= 11 is 0. The zero-order valence-corrected chi connectivity index (χ0v) is 17.8. The maximum atomic E-state index is 13.2. The lowest BCUT2D eigenvalue weighted by atomic mass is 10.2. The first-order valence-corrected chi connectivity index (χ1v) is 12.3. The molecule has 3 aliphatic heterocycles. The van der Waals surface area contributed by atoms with Gasteiger partial charge in [0.2, 0.25) is 0 Å². The summed E-state index contributed by atoms with van der Waals surface area (Å²) in [6.45, 7) is 2.15. The minimum Gasteiger partial charge on any atom is -0.410 e. The van der Waals surface area contributed by atoms with Crippen molar-refractivity contribution in [2.45, 2.75) is 18.5 Å². The quantitative estimate of drug-likeness (QED) is 0.723. The number of hydrogen-bond donors (Lipinski definition) is 0. The molecule has 0 unspecified atom stereocenters. The van der Waals surface area contributed by atoms with Crippen LogP contribution < -0.4 is 14.5 Å². The zero-order chi connectivity index (χ0) is 21.6. The van der Waals surface area contributed by atoms with Crippen molar-refractivity contribution in [2.24, 2.45) is 0 Å². The van der Waals surface area contributed by atoms with E-state index in [1.165, 1.54) is 12.1 Å². The number of amides is 1. The molecule has 31 heavy (non-hydrogen) atoms. The maximum Gasteiger partial charge on any atom is 0.415 e. The van der Waals surface area contributed by atoms with Crippen LogP contribution in [0, 0.1) is 5.82 Å². The third-order valence-electron chi connectivity index (χ3n) is 6.37. The Kier molecular flexibility index (Phi) is 5.00. The summed E-state index contributed by atoms with van der Waals surface area (Å²) in [5.41, 5.74) is 1.82.